The van der Waals surface area contributed by atoms with Crippen LogP contribution in [0.25, 0.3) is 17.0 Å². The molecule has 2 heterocycles. The van der Waals surface area contributed by atoms with Crippen LogP contribution >= 0.6 is 0 Å². The molecule has 2 aromatic heterocycles. The van der Waals surface area contributed by atoms with Gasteiger partial charge in [-0.3, -0.25) is 0 Å². The van der Waals surface area contributed by atoms with Crippen LogP contribution in [0.15, 0.2) is 65.7 Å². The molecule has 0 amide bonds. The van der Waals surface area contributed by atoms with Crippen molar-refractivity contribution in [3.63, 3.8) is 0 Å². The van der Waals surface area contributed by atoms with Crippen molar-refractivity contribution in [1.82, 2.24) is 19.7 Å². The highest BCUT2D eigenvalue weighted by Gasteiger charge is 2.10. The number of hydrogen-bond acceptors (Lipinski definition) is 5. The number of oxazole rings is 1. The molecular formula is C22H22N4O2. The maximum atomic E-state index is 6.00. The van der Waals surface area contributed by atoms with E-state index in [0.29, 0.717) is 25.5 Å². The van der Waals surface area contributed by atoms with Crippen molar-refractivity contribution in [2.75, 3.05) is 6.61 Å². The lowest BCUT2D eigenvalue weighted by molar-refractivity contribution is 0.134. The molecule has 142 valence electrons. The molecule has 0 aliphatic carbocycles. The van der Waals surface area contributed by atoms with Crippen LogP contribution in [0.2, 0.25) is 0 Å². The summed E-state index contributed by atoms with van der Waals surface area (Å²) in [5.74, 6) is 1.45. The number of aromatic nitrogens is 4. The van der Waals surface area contributed by atoms with E-state index in [-0.39, 0.29) is 0 Å². The second kappa shape index (κ2) is 8.19. The van der Waals surface area contributed by atoms with Crippen LogP contribution in [0, 0.1) is 6.92 Å². The maximum absolute atomic E-state index is 6.00. The SMILES string of the molecule is CCOCc1ccc(C)c(Cc2ncc(-c3ccc(-n4cncn4)cc3)o2)c1. The zero-order chi connectivity index (χ0) is 19.3. The van der Waals surface area contributed by atoms with Crippen LogP contribution in [0.5, 0.6) is 0 Å². The Labute approximate surface area is 163 Å². The molecule has 0 unspecified atom stereocenters. The molecule has 0 aliphatic rings. The van der Waals surface area contributed by atoms with Gasteiger partial charge in [-0.15, -0.1) is 0 Å². The number of ether oxygens (including phenoxy) is 1. The van der Waals surface area contributed by atoms with Crippen LogP contribution in [0.4, 0.5) is 0 Å². The van der Waals surface area contributed by atoms with Gasteiger partial charge in [-0.2, -0.15) is 5.10 Å². The molecule has 0 bridgehead atoms. The topological polar surface area (TPSA) is 66.0 Å². The predicted octanol–water partition coefficient (Wildman–Crippen LogP) is 4.36. The van der Waals surface area contributed by atoms with Crippen LogP contribution in [0.1, 0.15) is 29.5 Å². The Bertz CT molecular complexity index is 1040. The van der Waals surface area contributed by atoms with Crippen molar-refractivity contribution in [2.45, 2.75) is 26.9 Å². The molecule has 0 atom stereocenters. The Kier molecular flexibility index (Phi) is 5.30. The normalized spacial score (nSPS) is 11.1. The summed E-state index contributed by atoms with van der Waals surface area (Å²) < 4.78 is 13.2. The maximum Gasteiger partial charge on any atom is 0.199 e. The quantitative estimate of drug-likeness (QED) is 0.481. The summed E-state index contributed by atoms with van der Waals surface area (Å²) in [7, 11) is 0. The molecule has 6 heteroatoms. The molecule has 6 nitrogen and oxygen atoms in total. The zero-order valence-electron chi connectivity index (χ0n) is 16.0. The Morgan fingerprint density at radius 2 is 1.96 bits per heavy atom. The molecule has 4 aromatic rings. The Morgan fingerprint density at radius 1 is 1.11 bits per heavy atom. The first-order chi connectivity index (χ1) is 13.7. The van der Waals surface area contributed by atoms with Gasteiger partial charge in [0, 0.05) is 18.6 Å². The fraction of sp³-hybridized carbons (Fsp3) is 0.227. The lowest BCUT2D eigenvalue weighted by atomic mass is 10.0. The summed E-state index contributed by atoms with van der Waals surface area (Å²) in [6.45, 7) is 5.44. The van der Waals surface area contributed by atoms with E-state index in [9.17, 15) is 0 Å². The summed E-state index contributed by atoms with van der Waals surface area (Å²) in [6, 6.07) is 14.3. The molecule has 28 heavy (non-hydrogen) atoms. The molecular weight excluding hydrogens is 352 g/mol. The van der Waals surface area contributed by atoms with Gasteiger partial charge < -0.3 is 9.15 Å². The van der Waals surface area contributed by atoms with Crippen molar-refractivity contribution in [3.05, 3.63) is 83.9 Å². The van der Waals surface area contributed by atoms with E-state index >= 15 is 0 Å². The predicted molar refractivity (Wildman–Crippen MR) is 106 cm³/mol. The summed E-state index contributed by atoms with van der Waals surface area (Å²) in [5.41, 5.74) is 5.51. The minimum atomic E-state index is 0.624. The monoisotopic (exact) mass is 374 g/mol. The van der Waals surface area contributed by atoms with E-state index in [1.165, 1.54) is 17.5 Å². The van der Waals surface area contributed by atoms with Crippen molar-refractivity contribution >= 4 is 0 Å². The summed E-state index contributed by atoms with van der Waals surface area (Å²) in [4.78, 5) is 8.44. The van der Waals surface area contributed by atoms with Crippen molar-refractivity contribution < 1.29 is 9.15 Å². The highest BCUT2D eigenvalue weighted by atomic mass is 16.5. The average molecular weight is 374 g/mol. The van der Waals surface area contributed by atoms with Gasteiger partial charge in [-0.05, 0) is 54.8 Å². The number of hydrogen-bond donors (Lipinski definition) is 0. The lowest BCUT2D eigenvalue weighted by Gasteiger charge is -2.08. The van der Waals surface area contributed by atoms with E-state index in [1.807, 2.05) is 31.2 Å². The standard InChI is InChI=1S/C22H22N4O2/c1-3-27-13-17-5-4-16(2)19(10-17)11-22-24-12-21(28-22)18-6-8-20(9-7-18)26-15-23-14-25-26/h4-10,12,14-15H,3,11,13H2,1-2H3. The third-order valence-electron chi connectivity index (χ3n) is 4.62. The van der Waals surface area contributed by atoms with Gasteiger partial charge in [0.1, 0.15) is 12.7 Å². The third-order valence-corrected chi connectivity index (χ3v) is 4.62. The molecule has 0 N–H and O–H groups in total. The van der Waals surface area contributed by atoms with Gasteiger partial charge in [-0.25, -0.2) is 14.6 Å². The zero-order valence-corrected chi connectivity index (χ0v) is 16.0. The minimum Gasteiger partial charge on any atom is -0.440 e. The van der Waals surface area contributed by atoms with E-state index in [2.05, 4.69) is 40.2 Å². The highest BCUT2D eigenvalue weighted by molar-refractivity contribution is 5.58. The van der Waals surface area contributed by atoms with Gasteiger partial charge in [0.2, 0.25) is 0 Å². The summed E-state index contributed by atoms with van der Waals surface area (Å²) in [6.07, 6.45) is 5.62. The minimum absolute atomic E-state index is 0.624. The molecule has 0 saturated heterocycles. The van der Waals surface area contributed by atoms with Crippen LogP contribution in [-0.4, -0.2) is 26.4 Å². The molecule has 0 fully saturated rings. The van der Waals surface area contributed by atoms with Gasteiger partial charge in [0.25, 0.3) is 0 Å². The van der Waals surface area contributed by atoms with Crippen LogP contribution < -0.4 is 0 Å². The first-order valence-corrected chi connectivity index (χ1v) is 9.29. The first kappa shape index (κ1) is 18.1. The fourth-order valence-electron chi connectivity index (χ4n) is 3.03. The third kappa shape index (κ3) is 4.02. The van der Waals surface area contributed by atoms with E-state index in [4.69, 9.17) is 9.15 Å². The fourth-order valence-corrected chi connectivity index (χ4v) is 3.03. The number of rotatable bonds is 7. The smallest absolute Gasteiger partial charge is 0.199 e. The summed E-state index contributed by atoms with van der Waals surface area (Å²) in [5, 5.41) is 4.13. The van der Waals surface area contributed by atoms with Crippen molar-refractivity contribution in [2.24, 2.45) is 0 Å². The number of aryl methyl sites for hydroxylation is 1. The Balaban J connectivity index is 1.50. The largest absolute Gasteiger partial charge is 0.440 e. The Morgan fingerprint density at radius 3 is 2.71 bits per heavy atom. The Hall–Kier alpha value is -3.25. The van der Waals surface area contributed by atoms with Crippen LogP contribution in [0.3, 0.4) is 0 Å². The van der Waals surface area contributed by atoms with E-state index in [1.54, 1.807) is 17.2 Å². The second-order valence-corrected chi connectivity index (χ2v) is 6.58. The number of nitrogens with zero attached hydrogens (tertiary/aromatic N) is 4. The number of benzene rings is 2. The molecule has 0 saturated carbocycles. The molecule has 0 aliphatic heterocycles. The van der Waals surface area contributed by atoms with Crippen LogP contribution in [-0.2, 0) is 17.8 Å². The van der Waals surface area contributed by atoms with E-state index < -0.39 is 0 Å². The molecule has 0 radical (unpaired) electrons. The lowest BCUT2D eigenvalue weighted by Crippen LogP contribution is -1.97. The molecule has 2 aromatic carbocycles. The molecule has 4 rings (SSSR count). The highest BCUT2D eigenvalue weighted by Crippen LogP contribution is 2.24. The average Bonchev–Trinajstić information content (AvgIpc) is 3.41. The summed E-state index contributed by atoms with van der Waals surface area (Å²) >= 11 is 0. The van der Waals surface area contributed by atoms with Gasteiger partial charge in [-0.1, -0.05) is 18.2 Å². The first-order valence-electron chi connectivity index (χ1n) is 9.29. The van der Waals surface area contributed by atoms with Crippen molar-refractivity contribution in [1.29, 1.82) is 0 Å². The van der Waals surface area contributed by atoms with Gasteiger partial charge in [0.05, 0.1) is 18.5 Å². The van der Waals surface area contributed by atoms with Gasteiger partial charge >= 0.3 is 0 Å². The second-order valence-electron chi connectivity index (χ2n) is 6.58. The van der Waals surface area contributed by atoms with Gasteiger partial charge in [0.15, 0.2) is 11.7 Å². The molecule has 0 spiro atoms. The van der Waals surface area contributed by atoms with E-state index in [0.717, 1.165) is 22.6 Å². The van der Waals surface area contributed by atoms with Crippen molar-refractivity contribution in [3.8, 4) is 17.0 Å².